The average Bonchev–Trinajstić information content (AvgIpc) is 2.46. The standard InChI is InChI=1S/C16H18FNO/c17-14-8-10-15(11-9-14)18-12-4-5-13-19-16-6-2-1-3-7-16/h1-3,6-11,18H,4-5,12-13H2. The first-order valence-electron chi connectivity index (χ1n) is 6.52. The Morgan fingerprint density at radius 1 is 0.895 bits per heavy atom. The van der Waals surface area contributed by atoms with E-state index >= 15 is 0 Å². The van der Waals surface area contributed by atoms with Crippen molar-refractivity contribution >= 4 is 5.69 Å². The highest BCUT2D eigenvalue weighted by Gasteiger charge is 1.94. The third-order valence-corrected chi connectivity index (χ3v) is 2.76. The van der Waals surface area contributed by atoms with Crippen LogP contribution in [0, 0.1) is 5.82 Å². The Morgan fingerprint density at radius 2 is 1.63 bits per heavy atom. The third kappa shape index (κ3) is 5.00. The summed E-state index contributed by atoms with van der Waals surface area (Å²) in [6.45, 7) is 1.58. The second-order valence-corrected chi connectivity index (χ2v) is 4.30. The molecule has 0 heterocycles. The van der Waals surface area contributed by atoms with Crippen LogP contribution in [0.5, 0.6) is 5.75 Å². The van der Waals surface area contributed by atoms with Crippen LogP contribution >= 0.6 is 0 Å². The molecular weight excluding hydrogens is 241 g/mol. The minimum absolute atomic E-state index is 0.207. The Morgan fingerprint density at radius 3 is 2.37 bits per heavy atom. The van der Waals surface area contributed by atoms with Crippen LogP contribution in [0.4, 0.5) is 10.1 Å². The molecule has 0 fully saturated rings. The maximum Gasteiger partial charge on any atom is 0.123 e. The second-order valence-electron chi connectivity index (χ2n) is 4.30. The lowest BCUT2D eigenvalue weighted by molar-refractivity contribution is 0.308. The van der Waals surface area contributed by atoms with E-state index in [9.17, 15) is 4.39 Å². The summed E-state index contributed by atoms with van der Waals surface area (Å²) in [7, 11) is 0. The topological polar surface area (TPSA) is 21.3 Å². The first kappa shape index (κ1) is 13.4. The molecule has 0 radical (unpaired) electrons. The van der Waals surface area contributed by atoms with Crippen LogP contribution < -0.4 is 10.1 Å². The number of nitrogens with one attached hydrogen (secondary N) is 1. The van der Waals surface area contributed by atoms with Gasteiger partial charge >= 0.3 is 0 Å². The van der Waals surface area contributed by atoms with Crippen LogP contribution in [0.1, 0.15) is 12.8 Å². The van der Waals surface area contributed by atoms with Crippen LogP contribution in [0.15, 0.2) is 54.6 Å². The van der Waals surface area contributed by atoms with Crippen molar-refractivity contribution in [3.8, 4) is 5.75 Å². The zero-order valence-corrected chi connectivity index (χ0v) is 10.8. The van der Waals surface area contributed by atoms with Crippen LogP contribution in [-0.4, -0.2) is 13.2 Å². The Balaban J connectivity index is 1.56. The van der Waals surface area contributed by atoms with Crippen LogP contribution in [-0.2, 0) is 0 Å². The normalized spacial score (nSPS) is 10.2. The van der Waals surface area contributed by atoms with Gasteiger partial charge in [0, 0.05) is 12.2 Å². The number of rotatable bonds is 7. The zero-order chi connectivity index (χ0) is 13.3. The molecule has 0 bridgehead atoms. The lowest BCUT2D eigenvalue weighted by Crippen LogP contribution is -2.04. The van der Waals surface area contributed by atoms with Gasteiger partial charge in [0.2, 0.25) is 0 Å². The van der Waals surface area contributed by atoms with Gasteiger partial charge in [-0.3, -0.25) is 0 Å². The molecule has 0 spiro atoms. The van der Waals surface area contributed by atoms with Gasteiger partial charge in [-0.2, -0.15) is 0 Å². The van der Waals surface area contributed by atoms with E-state index in [-0.39, 0.29) is 5.82 Å². The minimum atomic E-state index is -0.207. The minimum Gasteiger partial charge on any atom is -0.494 e. The third-order valence-electron chi connectivity index (χ3n) is 2.76. The van der Waals surface area contributed by atoms with E-state index in [0.717, 1.165) is 37.4 Å². The fraction of sp³-hybridized carbons (Fsp3) is 0.250. The van der Waals surface area contributed by atoms with Gasteiger partial charge in [-0.25, -0.2) is 4.39 Å². The smallest absolute Gasteiger partial charge is 0.123 e. The molecule has 0 amide bonds. The highest BCUT2D eigenvalue weighted by Crippen LogP contribution is 2.10. The SMILES string of the molecule is Fc1ccc(NCCCCOc2ccccc2)cc1. The summed E-state index contributed by atoms with van der Waals surface area (Å²) in [5.41, 5.74) is 0.949. The monoisotopic (exact) mass is 259 g/mol. The molecule has 1 N–H and O–H groups in total. The summed E-state index contributed by atoms with van der Waals surface area (Å²) in [5, 5.41) is 3.25. The summed E-state index contributed by atoms with van der Waals surface area (Å²) < 4.78 is 18.3. The number of anilines is 1. The Hall–Kier alpha value is -2.03. The van der Waals surface area contributed by atoms with E-state index in [1.165, 1.54) is 12.1 Å². The number of para-hydroxylation sites is 1. The molecule has 3 heteroatoms. The van der Waals surface area contributed by atoms with Crippen molar-refractivity contribution in [1.82, 2.24) is 0 Å². The quantitative estimate of drug-likeness (QED) is 0.756. The number of unbranched alkanes of at least 4 members (excludes halogenated alkanes) is 1. The predicted octanol–water partition coefficient (Wildman–Crippen LogP) is 4.10. The lowest BCUT2D eigenvalue weighted by atomic mass is 10.3. The molecule has 19 heavy (non-hydrogen) atoms. The van der Waals surface area contributed by atoms with Gasteiger partial charge < -0.3 is 10.1 Å². The highest BCUT2D eigenvalue weighted by molar-refractivity contribution is 5.42. The van der Waals surface area contributed by atoms with E-state index in [2.05, 4.69) is 5.32 Å². The molecule has 0 aliphatic rings. The molecule has 0 aliphatic carbocycles. The Bertz CT molecular complexity index is 470. The van der Waals surface area contributed by atoms with Gasteiger partial charge in [-0.1, -0.05) is 18.2 Å². The molecule has 0 saturated heterocycles. The Labute approximate surface area is 113 Å². The molecule has 2 nitrogen and oxygen atoms in total. The molecule has 0 atom stereocenters. The number of ether oxygens (including phenoxy) is 1. The highest BCUT2D eigenvalue weighted by atomic mass is 19.1. The van der Waals surface area contributed by atoms with Gasteiger partial charge in [0.05, 0.1) is 6.61 Å². The van der Waals surface area contributed by atoms with Crippen molar-refractivity contribution in [2.45, 2.75) is 12.8 Å². The average molecular weight is 259 g/mol. The fourth-order valence-corrected chi connectivity index (χ4v) is 1.73. The number of halogens is 1. The summed E-state index contributed by atoms with van der Waals surface area (Å²) >= 11 is 0. The maximum atomic E-state index is 12.7. The van der Waals surface area contributed by atoms with Crippen molar-refractivity contribution in [2.24, 2.45) is 0 Å². The zero-order valence-electron chi connectivity index (χ0n) is 10.8. The Kier molecular flexibility index (Phi) is 5.23. The van der Waals surface area contributed by atoms with E-state index in [1.54, 1.807) is 12.1 Å². The van der Waals surface area contributed by atoms with Crippen molar-refractivity contribution < 1.29 is 9.13 Å². The van der Waals surface area contributed by atoms with E-state index in [1.807, 2.05) is 30.3 Å². The molecule has 2 aromatic rings. The van der Waals surface area contributed by atoms with Crippen LogP contribution in [0.3, 0.4) is 0 Å². The van der Waals surface area contributed by atoms with Crippen molar-refractivity contribution in [3.05, 3.63) is 60.4 Å². The van der Waals surface area contributed by atoms with E-state index in [4.69, 9.17) is 4.74 Å². The maximum absolute atomic E-state index is 12.7. The number of hydrogen-bond donors (Lipinski definition) is 1. The molecule has 0 aliphatic heterocycles. The summed E-state index contributed by atoms with van der Waals surface area (Å²) in [6.07, 6.45) is 2.01. The summed E-state index contributed by atoms with van der Waals surface area (Å²) in [6, 6.07) is 16.2. The van der Waals surface area contributed by atoms with Gasteiger partial charge in [0.1, 0.15) is 11.6 Å². The summed E-state index contributed by atoms with van der Waals surface area (Å²) in [4.78, 5) is 0. The van der Waals surface area contributed by atoms with Gasteiger partial charge in [0.25, 0.3) is 0 Å². The molecule has 0 aromatic heterocycles. The van der Waals surface area contributed by atoms with E-state index < -0.39 is 0 Å². The molecule has 0 saturated carbocycles. The van der Waals surface area contributed by atoms with Crippen molar-refractivity contribution in [3.63, 3.8) is 0 Å². The predicted molar refractivity (Wildman–Crippen MR) is 76.1 cm³/mol. The fourth-order valence-electron chi connectivity index (χ4n) is 1.73. The second kappa shape index (κ2) is 7.41. The van der Waals surface area contributed by atoms with Gasteiger partial charge in [0.15, 0.2) is 0 Å². The van der Waals surface area contributed by atoms with Crippen LogP contribution in [0.25, 0.3) is 0 Å². The first-order valence-corrected chi connectivity index (χ1v) is 6.52. The molecule has 100 valence electrons. The van der Waals surface area contributed by atoms with Crippen LogP contribution in [0.2, 0.25) is 0 Å². The number of benzene rings is 2. The molecule has 2 aromatic carbocycles. The largest absolute Gasteiger partial charge is 0.494 e. The molecule has 2 rings (SSSR count). The van der Waals surface area contributed by atoms with E-state index in [0.29, 0.717) is 0 Å². The van der Waals surface area contributed by atoms with Gasteiger partial charge in [-0.15, -0.1) is 0 Å². The number of hydrogen-bond acceptors (Lipinski definition) is 2. The first-order chi connectivity index (χ1) is 9.34. The van der Waals surface area contributed by atoms with Crippen molar-refractivity contribution in [1.29, 1.82) is 0 Å². The molecular formula is C16H18FNO. The lowest BCUT2D eigenvalue weighted by Gasteiger charge is -2.07. The summed E-state index contributed by atoms with van der Waals surface area (Å²) in [5.74, 6) is 0.704. The van der Waals surface area contributed by atoms with Crippen molar-refractivity contribution in [2.75, 3.05) is 18.5 Å². The van der Waals surface area contributed by atoms with Gasteiger partial charge in [-0.05, 0) is 49.2 Å². The molecule has 0 unspecified atom stereocenters.